The number of nitrogens with one attached hydrogen (secondary N) is 1. The molecule has 1 aromatic carbocycles. The van der Waals surface area contributed by atoms with Gasteiger partial charge in [-0.05, 0) is 31.4 Å². The molecule has 1 heterocycles. The van der Waals surface area contributed by atoms with Crippen LogP contribution in [0.5, 0.6) is 0 Å². The summed E-state index contributed by atoms with van der Waals surface area (Å²) in [6.07, 6.45) is 8.61. The zero-order valence-electron chi connectivity index (χ0n) is 15.2. The van der Waals surface area contributed by atoms with E-state index in [-0.39, 0.29) is 5.91 Å². The Hall–Kier alpha value is -1.84. The number of carbonyl (C=O) groups is 1. The molecule has 0 spiro atoms. The molecular formula is C20H31N3O. The van der Waals surface area contributed by atoms with E-state index in [1.165, 1.54) is 30.6 Å². The summed E-state index contributed by atoms with van der Waals surface area (Å²) < 4.78 is 2.41. The molecule has 0 unspecified atom stereocenters. The lowest BCUT2D eigenvalue weighted by molar-refractivity contribution is -0.120. The number of unbranched alkanes of at least 4 members (excludes halogenated alkanes) is 4. The van der Waals surface area contributed by atoms with E-state index in [2.05, 4.69) is 41.1 Å². The molecule has 24 heavy (non-hydrogen) atoms. The lowest BCUT2D eigenvalue weighted by atomic mass is 10.2. The first kappa shape index (κ1) is 18.5. The summed E-state index contributed by atoms with van der Waals surface area (Å²) in [5, 5.41) is 2.94. The molecule has 0 saturated carbocycles. The van der Waals surface area contributed by atoms with Gasteiger partial charge in [-0.3, -0.25) is 4.79 Å². The van der Waals surface area contributed by atoms with E-state index in [1.807, 2.05) is 6.92 Å². The Morgan fingerprint density at radius 2 is 1.92 bits per heavy atom. The number of para-hydroxylation sites is 2. The van der Waals surface area contributed by atoms with Crippen LogP contribution >= 0.6 is 0 Å². The van der Waals surface area contributed by atoms with Crippen LogP contribution in [0.4, 0.5) is 0 Å². The summed E-state index contributed by atoms with van der Waals surface area (Å²) in [4.78, 5) is 16.1. The van der Waals surface area contributed by atoms with Crippen LogP contribution in [0.3, 0.4) is 0 Å². The van der Waals surface area contributed by atoms with Gasteiger partial charge in [-0.15, -0.1) is 0 Å². The van der Waals surface area contributed by atoms with Crippen molar-refractivity contribution < 1.29 is 4.79 Å². The van der Waals surface area contributed by atoms with E-state index in [0.29, 0.717) is 6.42 Å². The first-order chi connectivity index (χ1) is 11.8. The quantitative estimate of drug-likeness (QED) is 0.618. The molecular weight excluding hydrogens is 298 g/mol. The van der Waals surface area contributed by atoms with Crippen LogP contribution in [0.15, 0.2) is 24.3 Å². The highest BCUT2D eigenvalue weighted by Gasteiger charge is 2.09. The van der Waals surface area contributed by atoms with Crippen LogP contribution in [0, 0.1) is 0 Å². The number of fused-ring (bicyclic) bond motifs is 1. The van der Waals surface area contributed by atoms with Gasteiger partial charge in [-0.2, -0.15) is 0 Å². The maximum absolute atomic E-state index is 11.2. The Kier molecular flexibility index (Phi) is 7.80. The number of nitrogens with zero attached hydrogens (tertiary/aromatic N) is 2. The third-order valence-corrected chi connectivity index (χ3v) is 4.44. The molecule has 1 N–H and O–H groups in total. The maximum Gasteiger partial charge on any atom is 0.219 e. The second kappa shape index (κ2) is 10.1. The Bertz CT molecular complexity index is 633. The van der Waals surface area contributed by atoms with Gasteiger partial charge in [0.1, 0.15) is 5.82 Å². The van der Waals surface area contributed by atoms with E-state index < -0.39 is 0 Å². The van der Waals surface area contributed by atoms with Gasteiger partial charge >= 0.3 is 0 Å². The average Bonchev–Trinajstić information content (AvgIpc) is 2.95. The van der Waals surface area contributed by atoms with Crippen LogP contribution in [0.2, 0.25) is 0 Å². The normalized spacial score (nSPS) is 11.1. The summed E-state index contributed by atoms with van der Waals surface area (Å²) in [7, 11) is 0. The minimum absolute atomic E-state index is 0.146. The van der Waals surface area contributed by atoms with Crippen molar-refractivity contribution in [2.75, 3.05) is 6.54 Å². The average molecular weight is 329 g/mol. The van der Waals surface area contributed by atoms with Gasteiger partial charge in [0.25, 0.3) is 0 Å². The Balaban J connectivity index is 1.88. The van der Waals surface area contributed by atoms with E-state index >= 15 is 0 Å². The summed E-state index contributed by atoms with van der Waals surface area (Å²) in [6.45, 7) is 5.98. The highest BCUT2D eigenvalue weighted by atomic mass is 16.1. The molecule has 4 heteroatoms. The van der Waals surface area contributed by atoms with Crippen LogP contribution < -0.4 is 5.32 Å². The highest BCUT2D eigenvalue weighted by Crippen LogP contribution is 2.19. The molecule has 0 aliphatic heterocycles. The van der Waals surface area contributed by atoms with Crippen LogP contribution in [0.25, 0.3) is 11.0 Å². The molecule has 0 fully saturated rings. The summed E-state index contributed by atoms with van der Waals surface area (Å²) in [5.41, 5.74) is 2.37. The zero-order valence-corrected chi connectivity index (χ0v) is 15.2. The SMILES string of the molecule is CCCCCn1c(CCCCCNC(=O)CC)nc2ccccc21. The lowest BCUT2D eigenvalue weighted by Crippen LogP contribution is -2.23. The molecule has 2 aromatic rings. The van der Waals surface area contributed by atoms with Crippen molar-refractivity contribution in [3.05, 3.63) is 30.1 Å². The van der Waals surface area contributed by atoms with Crippen molar-refractivity contribution in [2.24, 2.45) is 0 Å². The molecule has 4 nitrogen and oxygen atoms in total. The Labute approximate surface area is 145 Å². The molecule has 132 valence electrons. The molecule has 0 aliphatic rings. The second-order valence-electron chi connectivity index (χ2n) is 6.39. The highest BCUT2D eigenvalue weighted by molar-refractivity contribution is 5.76. The monoisotopic (exact) mass is 329 g/mol. The number of imidazole rings is 1. The van der Waals surface area contributed by atoms with Gasteiger partial charge < -0.3 is 9.88 Å². The van der Waals surface area contributed by atoms with Gasteiger partial charge in [0.2, 0.25) is 5.91 Å². The molecule has 0 bridgehead atoms. The number of amides is 1. The zero-order chi connectivity index (χ0) is 17.2. The summed E-state index contributed by atoms with van der Waals surface area (Å²) in [5.74, 6) is 1.36. The fourth-order valence-electron chi connectivity index (χ4n) is 3.02. The third-order valence-electron chi connectivity index (χ3n) is 4.44. The van der Waals surface area contributed by atoms with Crippen molar-refractivity contribution in [1.82, 2.24) is 14.9 Å². The number of rotatable bonds is 11. The summed E-state index contributed by atoms with van der Waals surface area (Å²) in [6, 6.07) is 8.44. The molecule has 1 amide bonds. The summed E-state index contributed by atoms with van der Waals surface area (Å²) >= 11 is 0. The lowest BCUT2D eigenvalue weighted by Gasteiger charge is -2.09. The predicted octanol–water partition coefficient (Wildman–Crippen LogP) is 4.47. The van der Waals surface area contributed by atoms with Crippen molar-refractivity contribution in [3.63, 3.8) is 0 Å². The number of aryl methyl sites for hydroxylation is 2. The minimum atomic E-state index is 0.146. The van der Waals surface area contributed by atoms with Crippen LogP contribution in [-0.2, 0) is 17.8 Å². The van der Waals surface area contributed by atoms with E-state index in [9.17, 15) is 4.79 Å². The van der Waals surface area contributed by atoms with Crippen molar-refractivity contribution >= 4 is 16.9 Å². The standard InChI is InChI=1S/C20H31N3O/c1-3-5-11-16-23-18-13-9-8-12-17(18)22-19(23)14-7-6-10-15-21-20(24)4-2/h8-9,12-13H,3-7,10-11,14-16H2,1-2H3,(H,21,24). The first-order valence-corrected chi connectivity index (χ1v) is 9.47. The molecule has 0 aliphatic carbocycles. The maximum atomic E-state index is 11.2. The van der Waals surface area contributed by atoms with Gasteiger partial charge in [0, 0.05) is 25.9 Å². The first-order valence-electron chi connectivity index (χ1n) is 9.47. The van der Waals surface area contributed by atoms with Crippen LogP contribution in [0.1, 0.15) is 64.6 Å². The van der Waals surface area contributed by atoms with Gasteiger partial charge in [0.15, 0.2) is 0 Å². The van der Waals surface area contributed by atoms with Gasteiger partial charge in [-0.1, -0.05) is 45.2 Å². The largest absolute Gasteiger partial charge is 0.356 e. The molecule has 0 atom stereocenters. The fourth-order valence-corrected chi connectivity index (χ4v) is 3.02. The number of benzene rings is 1. The Morgan fingerprint density at radius 3 is 2.71 bits per heavy atom. The van der Waals surface area contributed by atoms with Gasteiger partial charge in [-0.25, -0.2) is 4.98 Å². The number of carbonyl (C=O) groups excluding carboxylic acids is 1. The molecule has 2 rings (SSSR count). The predicted molar refractivity (Wildman–Crippen MR) is 100 cm³/mol. The third kappa shape index (κ3) is 5.36. The topological polar surface area (TPSA) is 46.9 Å². The molecule has 0 saturated heterocycles. The van der Waals surface area contributed by atoms with Crippen LogP contribution in [-0.4, -0.2) is 22.0 Å². The minimum Gasteiger partial charge on any atom is -0.356 e. The molecule has 1 aromatic heterocycles. The van der Waals surface area contributed by atoms with E-state index in [0.717, 1.165) is 44.3 Å². The van der Waals surface area contributed by atoms with Gasteiger partial charge in [0.05, 0.1) is 11.0 Å². The number of hydrogen-bond donors (Lipinski definition) is 1. The fraction of sp³-hybridized carbons (Fsp3) is 0.600. The smallest absolute Gasteiger partial charge is 0.219 e. The van der Waals surface area contributed by atoms with Crippen molar-refractivity contribution in [1.29, 1.82) is 0 Å². The Morgan fingerprint density at radius 1 is 1.08 bits per heavy atom. The van der Waals surface area contributed by atoms with E-state index in [1.54, 1.807) is 0 Å². The number of aromatic nitrogens is 2. The van der Waals surface area contributed by atoms with Crippen molar-refractivity contribution in [3.8, 4) is 0 Å². The number of hydrogen-bond acceptors (Lipinski definition) is 2. The van der Waals surface area contributed by atoms with E-state index in [4.69, 9.17) is 4.98 Å². The second-order valence-corrected chi connectivity index (χ2v) is 6.39. The molecule has 0 radical (unpaired) electrons. The van der Waals surface area contributed by atoms with Crippen molar-refractivity contribution in [2.45, 2.75) is 71.8 Å².